The maximum Gasteiger partial charge on any atom is 0.161 e. The van der Waals surface area contributed by atoms with E-state index in [1.165, 1.54) is 0 Å². The summed E-state index contributed by atoms with van der Waals surface area (Å²) in [7, 11) is 0. The van der Waals surface area contributed by atoms with E-state index in [1.807, 2.05) is 18.2 Å². The Balaban J connectivity index is 2.26. The SMILES string of the molecule is N#CC1CN(c2cc(Br)ccc2CO)CCO1. The van der Waals surface area contributed by atoms with Crippen molar-refractivity contribution in [1.29, 1.82) is 5.26 Å². The molecule has 1 N–H and O–H groups in total. The number of anilines is 1. The topological polar surface area (TPSA) is 56.5 Å². The second-order valence-electron chi connectivity index (χ2n) is 3.87. The van der Waals surface area contributed by atoms with E-state index in [0.29, 0.717) is 13.2 Å². The first-order chi connectivity index (χ1) is 8.24. The molecule has 4 nitrogen and oxygen atoms in total. The molecule has 0 aromatic heterocycles. The Bertz CT molecular complexity index is 445. The van der Waals surface area contributed by atoms with Crippen LogP contribution in [0.15, 0.2) is 22.7 Å². The molecule has 17 heavy (non-hydrogen) atoms. The number of benzene rings is 1. The van der Waals surface area contributed by atoms with E-state index in [4.69, 9.17) is 10.00 Å². The highest BCUT2D eigenvalue weighted by atomic mass is 79.9. The Morgan fingerprint density at radius 2 is 2.41 bits per heavy atom. The first kappa shape index (κ1) is 12.4. The summed E-state index contributed by atoms with van der Waals surface area (Å²) >= 11 is 3.42. The molecule has 0 bridgehead atoms. The molecular formula is C12H13BrN2O2. The van der Waals surface area contributed by atoms with Gasteiger partial charge in [0.2, 0.25) is 0 Å². The third-order valence-corrected chi connectivity index (χ3v) is 3.26. The molecule has 1 fully saturated rings. The number of morpholine rings is 1. The average Bonchev–Trinajstić information content (AvgIpc) is 2.39. The van der Waals surface area contributed by atoms with Crippen molar-refractivity contribution >= 4 is 21.6 Å². The van der Waals surface area contributed by atoms with Gasteiger partial charge in [-0.05, 0) is 12.1 Å². The van der Waals surface area contributed by atoms with Gasteiger partial charge >= 0.3 is 0 Å². The molecule has 0 radical (unpaired) electrons. The first-order valence-electron chi connectivity index (χ1n) is 5.40. The summed E-state index contributed by atoms with van der Waals surface area (Å²) in [5, 5.41) is 18.2. The minimum Gasteiger partial charge on any atom is -0.392 e. The summed E-state index contributed by atoms with van der Waals surface area (Å²) in [6.45, 7) is 1.81. The largest absolute Gasteiger partial charge is 0.392 e. The summed E-state index contributed by atoms with van der Waals surface area (Å²) < 4.78 is 6.27. The van der Waals surface area contributed by atoms with E-state index in [2.05, 4.69) is 26.9 Å². The Kier molecular flexibility index (Phi) is 4.00. The van der Waals surface area contributed by atoms with E-state index >= 15 is 0 Å². The van der Waals surface area contributed by atoms with Gasteiger partial charge in [-0.1, -0.05) is 22.0 Å². The summed E-state index contributed by atoms with van der Waals surface area (Å²) in [4.78, 5) is 2.08. The molecule has 1 heterocycles. The molecule has 0 saturated carbocycles. The molecule has 1 unspecified atom stereocenters. The van der Waals surface area contributed by atoms with Crippen LogP contribution in [0.2, 0.25) is 0 Å². The molecule has 1 atom stereocenters. The van der Waals surface area contributed by atoms with Crippen molar-refractivity contribution in [3.8, 4) is 6.07 Å². The Morgan fingerprint density at radius 3 is 3.12 bits per heavy atom. The van der Waals surface area contributed by atoms with Gasteiger partial charge < -0.3 is 14.7 Å². The van der Waals surface area contributed by atoms with Crippen LogP contribution in [0.1, 0.15) is 5.56 Å². The molecule has 1 aliphatic rings. The van der Waals surface area contributed by atoms with Crippen LogP contribution in [0.4, 0.5) is 5.69 Å². The molecule has 90 valence electrons. The van der Waals surface area contributed by atoms with Gasteiger partial charge in [-0.15, -0.1) is 0 Å². The van der Waals surface area contributed by atoms with Crippen LogP contribution in [-0.2, 0) is 11.3 Å². The van der Waals surface area contributed by atoms with E-state index in [1.54, 1.807) is 0 Å². The van der Waals surface area contributed by atoms with E-state index in [-0.39, 0.29) is 6.61 Å². The molecule has 1 aromatic rings. The van der Waals surface area contributed by atoms with Crippen LogP contribution in [-0.4, -0.2) is 30.9 Å². The van der Waals surface area contributed by atoms with E-state index in [9.17, 15) is 5.11 Å². The van der Waals surface area contributed by atoms with Crippen molar-refractivity contribution in [2.75, 3.05) is 24.6 Å². The fraction of sp³-hybridized carbons (Fsp3) is 0.417. The summed E-state index contributed by atoms with van der Waals surface area (Å²) in [6, 6.07) is 7.87. The van der Waals surface area contributed by atoms with Crippen LogP contribution in [0.5, 0.6) is 0 Å². The number of aliphatic hydroxyl groups excluding tert-OH is 1. The van der Waals surface area contributed by atoms with Gasteiger partial charge in [-0.2, -0.15) is 5.26 Å². The van der Waals surface area contributed by atoms with E-state index < -0.39 is 6.10 Å². The second kappa shape index (κ2) is 5.50. The fourth-order valence-corrected chi connectivity index (χ4v) is 2.26. The summed E-state index contributed by atoms with van der Waals surface area (Å²) in [5.74, 6) is 0. The van der Waals surface area contributed by atoms with Crippen LogP contribution >= 0.6 is 15.9 Å². The van der Waals surface area contributed by atoms with Crippen molar-refractivity contribution in [1.82, 2.24) is 0 Å². The molecule has 0 amide bonds. The third-order valence-electron chi connectivity index (χ3n) is 2.77. The minimum atomic E-state index is -0.394. The lowest BCUT2D eigenvalue weighted by Crippen LogP contribution is -2.42. The number of nitrogens with zero attached hydrogens (tertiary/aromatic N) is 2. The molecule has 0 spiro atoms. The molecule has 5 heteroatoms. The Hall–Kier alpha value is -1.09. The van der Waals surface area contributed by atoms with Gasteiger partial charge in [0, 0.05) is 22.3 Å². The molecule has 1 saturated heterocycles. The highest BCUT2D eigenvalue weighted by Gasteiger charge is 2.21. The van der Waals surface area contributed by atoms with Crippen LogP contribution in [0.25, 0.3) is 0 Å². The van der Waals surface area contributed by atoms with Crippen molar-refractivity contribution in [2.24, 2.45) is 0 Å². The zero-order valence-electron chi connectivity index (χ0n) is 9.27. The number of hydrogen-bond donors (Lipinski definition) is 1. The summed E-state index contributed by atoms with van der Waals surface area (Å²) in [6.07, 6.45) is -0.394. The number of rotatable bonds is 2. The predicted molar refractivity (Wildman–Crippen MR) is 67.6 cm³/mol. The Labute approximate surface area is 109 Å². The standard InChI is InChI=1S/C12H13BrN2O2/c13-10-2-1-9(8-16)12(5-10)15-3-4-17-11(6-14)7-15/h1-2,5,11,16H,3-4,7-8H2. The molecule has 1 aromatic carbocycles. The highest BCUT2D eigenvalue weighted by molar-refractivity contribution is 9.10. The van der Waals surface area contributed by atoms with Gasteiger partial charge in [0.25, 0.3) is 0 Å². The third kappa shape index (κ3) is 2.78. The highest BCUT2D eigenvalue weighted by Crippen LogP contribution is 2.26. The lowest BCUT2D eigenvalue weighted by Gasteiger charge is -2.33. The smallest absolute Gasteiger partial charge is 0.161 e. The summed E-state index contributed by atoms with van der Waals surface area (Å²) in [5.41, 5.74) is 1.83. The van der Waals surface area contributed by atoms with Gasteiger partial charge in [0.15, 0.2) is 6.10 Å². The zero-order valence-corrected chi connectivity index (χ0v) is 10.9. The van der Waals surface area contributed by atoms with Crippen LogP contribution in [0.3, 0.4) is 0 Å². The molecule has 1 aliphatic heterocycles. The zero-order chi connectivity index (χ0) is 12.3. The van der Waals surface area contributed by atoms with E-state index in [0.717, 1.165) is 22.3 Å². The van der Waals surface area contributed by atoms with Crippen LogP contribution < -0.4 is 4.90 Å². The number of aliphatic hydroxyl groups is 1. The monoisotopic (exact) mass is 296 g/mol. The van der Waals surface area contributed by atoms with Gasteiger partial charge in [-0.25, -0.2) is 0 Å². The maximum absolute atomic E-state index is 9.32. The van der Waals surface area contributed by atoms with Crippen molar-refractivity contribution in [3.63, 3.8) is 0 Å². The van der Waals surface area contributed by atoms with Crippen molar-refractivity contribution in [2.45, 2.75) is 12.7 Å². The average molecular weight is 297 g/mol. The molecular weight excluding hydrogens is 284 g/mol. The molecule has 2 rings (SSSR count). The number of ether oxygens (including phenoxy) is 1. The molecule has 0 aliphatic carbocycles. The number of nitriles is 1. The minimum absolute atomic E-state index is 0.00279. The predicted octanol–water partition coefficient (Wildman–Crippen LogP) is 1.67. The van der Waals surface area contributed by atoms with Crippen molar-refractivity contribution in [3.05, 3.63) is 28.2 Å². The van der Waals surface area contributed by atoms with Crippen molar-refractivity contribution < 1.29 is 9.84 Å². The Morgan fingerprint density at radius 1 is 1.59 bits per heavy atom. The lowest BCUT2D eigenvalue weighted by molar-refractivity contribution is 0.0763. The van der Waals surface area contributed by atoms with Gasteiger partial charge in [0.1, 0.15) is 0 Å². The van der Waals surface area contributed by atoms with Gasteiger partial charge in [0.05, 0.1) is 25.8 Å². The second-order valence-corrected chi connectivity index (χ2v) is 4.78. The van der Waals surface area contributed by atoms with Crippen LogP contribution in [0, 0.1) is 11.3 Å². The number of halogens is 1. The lowest BCUT2D eigenvalue weighted by atomic mass is 10.1. The number of hydrogen-bond acceptors (Lipinski definition) is 4. The van der Waals surface area contributed by atoms with Gasteiger partial charge in [-0.3, -0.25) is 0 Å². The normalized spacial score (nSPS) is 20.1. The first-order valence-corrected chi connectivity index (χ1v) is 6.19. The maximum atomic E-state index is 9.32. The quantitative estimate of drug-likeness (QED) is 0.902. The fourth-order valence-electron chi connectivity index (χ4n) is 1.91.